The molecule has 0 aromatic rings. The largest absolute Gasteiger partial charge is 0.481 e. The van der Waals surface area contributed by atoms with Crippen molar-refractivity contribution in [1.82, 2.24) is 0 Å². The number of hydrogen-bond acceptors (Lipinski definition) is 4. The second kappa shape index (κ2) is 17.3. The number of Topliss-reactive ketones (excluding diaryl/α,β-unsaturated/α-hetero) is 1. The zero-order valence-electron chi connectivity index (χ0n) is 20.3. The molecule has 0 spiro atoms. The molecule has 0 amide bonds. The molecule has 0 saturated carbocycles. The van der Waals surface area contributed by atoms with E-state index in [2.05, 4.69) is 12.2 Å². The SMILES string of the molecule is C[N+](C)(C)CC(O)(CC(=O)O)C(=O)CCCCCCC/C=C\CCCCCCCCO. The molecule has 6 nitrogen and oxygen atoms in total. The second-order valence-corrected chi connectivity index (χ2v) is 9.89. The number of quaternary nitrogens is 1. The summed E-state index contributed by atoms with van der Waals surface area (Å²) >= 11 is 0. The number of carboxylic acids is 1. The summed E-state index contributed by atoms with van der Waals surface area (Å²) in [6.07, 6.45) is 18.5. The fraction of sp³-hybridized carbons (Fsp3) is 0.840. The predicted molar refractivity (Wildman–Crippen MR) is 126 cm³/mol. The smallest absolute Gasteiger partial charge is 0.306 e. The van der Waals surface area contributed by atoms with Crippen LogP contribution in [0.4, 0.5) is 0 Å². The average molecular weight is 443 g/mol. The molecule has 1 atom stereocenters. The van der Waals surface area contributed by atoms with Crippen LogP contribution in [0.5, 0.6) is 0 Å². The van der Waals surface area contributed by atoms with Crippen molar-refractivity contribution in [2.45, 2.75) is 102 Å². The summed E-state index contributed by atoms with van der Waals surface area (Å²) in [7, 11) is 5.53. The molecule has 182 valence electrons. The van der Waals surface area contributed by atoms with Gasteiger partial charge in [-0.3, -0.25) is 9.59 Å². The molecular weight excluding hydrogens is 394 g/mol. The molecule has 0 aliphatic carbocycles. The van der Waals surface area contributed by atoms with E-state index in [-0.39, 0.29) is 18.7 Å². The summed E-state index contributed by atoms with van der Waals surface area (Å²) < 4.78 is 0.341. The van der Waals surface area contributed by atoms with E-state index in [1.165, 1.54) is 25.7 Å². The molecule has 0 aliphatic rings. The minimum atomic E-state index is -1.78. The van der Waals surface area contributed by atoms with Crippen molar-refractivity contribution in [2.75, 3.05) is 34.3 Å². The molecule has 0 aliphatic heterocycles. The number of aliphatic hydroxyl groups excluding tert-OH is 1. The van der Waals surface area contributed by atoms with Gasteiger partial charge in [0.1, 0.15) is 6.54 Å². The van der Waals surface area contributed by atoms with Gasteiger partial charge in [0.25, 0.3) is 0 Å². The standard InChI is InChI=1S/C25H47NO5/c1-26(2,3)22-25(31,21-24(29)30)23(28)19-17-15-13-11-9-7-5-4-6-8-10-12-14-16-18-20-27/h4-5,27,31H,6-22H2,1-3H3/p+1/b5-4-. The van der Waals surface area contributed by atoms with Gasteiger partial charge in [0, 0.05) is 13.0 Å². The number of carboxylic acid groups (broad SMARTS) is 1. The molecule has 0 aromatic carbocycles. The second-order valence-electron chi connectivity index (χ2n) is 9.89. The van der Waals surface area contributed by atoms with Gasteiger partial charge in [-0.15, -0.1) is 0 Å². The first-order valence-corrected chi connectivity index (χ1v) is 12.1. The molecule has 0 bridgehead atoms. The van der Waals surface area contributed by atoms with E-state index >= 15 is 0 Å². The first-order valence-electron chi connectivity index (χ1n) is 12.1. The number of carbonyl (C=O) groups excluding carboxylic acids is 1. The van der Waals surface area contributed by atoms with Crippen LogP contribution in [-0.2, 0) is 9.59 Å². The molecule has 0 fully saturated rings. The van der Waals surface area contributed by atoms with Crippen LogP contribution in [0, 0.1) is 0 Å². The zero-order valence-corrected chi connectivity index (χ0v) is 20.3. The van der Waals surface area contributed by atoms with E-state index in [0.29, 0.717) is 17.5 Å². The van der Waals surface area contributed by atoms with Gasteiger partial charge in [-0.1, -0.05) is 57.1 Å². The lowest BCUT2D eigenvalue weighted by Gasteiger charge is -2.33. The summed E-state index contributed by atoms with van der Waals surface area (Å²) in [5, 5.41) is 28.5. The van der Waals surface area contributed by atoms with Crippen molar-refractivity contribution in [3.63, 3.8) is 0 Å². The molecule has 3 N–H and O–H groups in total. The van der Waals surface area contributed by atoms with Gasteiger partial charge in [-0.2, -0.15) is 0 Å². The van der Waals surface area contributed by atoms with Crippen LogP contribution in [-0.4, -0.2) is 71.5 Å². The number of unbranched alkanes of at least 4 members (excludes halogenated alkanes) is 11. The summed E-state index contributed by atoms with van der Waals surface area (Å²) in [6, 6.07) is 0. The first kappa shape index (κ1) is 29.8. The Kier molecular flexibility index (Phi) is 16.6. The Bertz CT molecular complexity index is 513. The number of aliphatic carboxylic acids is 1. The molecule has 31 heavy (non-hydrogen) atoms. The van der Waals surface area contributed by atoms with Crippen LogP contribution in [0.15, 0.2) is 12.2 Å². The third kappa shape index (κ3) is 18.1. The number of likely N-dealkylation sites (N-methyl/N-ethyl adjacent to an activating group) is 1. The number of allylic oxidation sites excluding steroid dienone is 2. The summed E-state index contributed by atoms with van der Waals surface area (Å²) in [6.45, 7) is 0.419. The molecule has 0 heterocycles. The third-order valence-electron chi connectivity index (χ3n) is 5.42. The molecule has 0 saturated heterocycles. The van der Waals surface area contributed by atoms with E-state index < -0.39 is 18.0 Å². The Morgan fingerprint density at radius 2 is 1.23 bits per heavy atom. The molecule has 0 radical (unpaired) electrons. The summed E-state index contributed by atoms with van der Waals surface area (Å²) in [5.74, 6) is -1.49. The highest BCUT2D eigenvalue weighted by molar-refractivity contribution is 5.90. The van der Waals surface area contributed by atoms with E-state index in [9.17, 15) is 14.7 Å². The summed E-state index contributed by atoms with van der Waals surface area (Å²) in [4.78, 5) is 23.6. The van der Waals surface area contributed by atoms with Gasteiger partial charge in [0.05, 0.1) is 27.6 Å². The normalized spacial score (nSPS) is 14.1. The highest BCUT2D eigenvalue weighted by atomic mass is 16.4. The maximum atomic E-state index is 12.5. The fourth-order valence-corrected chi connectivity index (χ4v) is 3.91. The number of nitrogens with zero attached hydrogens (tertiary/aromatic N) is 1. The van der Waals surface area contributed by atoms with Gasteiger partial charge >= 0.3 is 5.97 Å². The molecule has 1 unspecified atom stereocenters. The Labute approximate surface area is 189 Å². The zero-order chi connectivity index (χ0) is 23.6. The van der Waals surface area contributed by atoms with Gasteiger partial charge in [0.2, 0.25) is 0 Å². The van der Waals surface area contributed by atoms with Crippen molar-refractivity contribution in [3.05, 3.63) is 12.2 Å². The maximum absolute atomic E-state index is 12.5. The van der Waals surface area contributed by atoms with E-state index in [0.717, 1.165) is 51.4 Å². The third-order valence-corrected chi connectivity index (χ3v) is 5.42. The molecule has 6 heteroatoms. The number of ketones is 1. The fourth-order valence-electron chi connectivity index (χ4n) is 3.91. The van der Waals surface area contributed by atoms with Crippen LogP contribution in [0.3, 0.4) is 0 Å². The van der Waals surface area contributed by atoms with Crippen LogP contribution < -0.4 is 0 Å². The quantitative estimate of drug-likeness (QED) is 0.138. The van der Waals surface area contributed by atoms with Crippen LogP contribution in [0.25, 0.3) is 0 Å². The topological polar surface area (TPSA) is 94.8 Å². The highest BCUT2D eigenvalue weighted by Crippen LogP contribution is 2.20. The Morgan fingerprint density at radius 1 is 0.774 bits per heavy atom. The van der Waals surface area contributed by atoms with Gasteiger partial charge < -0.3 is 19.8 Å². The van der Waals surface area contributed by atoms with E-state index in [1.807, 2.05) is 21.1 Å². The Balaban J connectivity index is 3.80. The van der Waals surface area contributed by atoms with Crippen molar-refractivity contribution in [3.8, 4) is 0 Å². The van der Waals surface area contributed by atoms with Crippen LogP contribution in [0.1, 0.15) is 96.3 Å². The monoisotopic (exact) mass is 442 g/mol. The first-order chi connectivity index (χ1) is 14.6. The van der Waals surface area contributed by atoms with E-state index in [1.54, 1.807) is 0 Å². The van der Waals surface area contributed by atoms with Gasteiger partial charge in [-0.25, -0.2) is 0 Å². The average Bonchev–Trinajstić information content (AvgIpc) is 2.65. The lowest BCUT2D eigenvalue weighted by Crippen LogP contribution is -2.54. The van der Waals surface area contributed by atoms with E-state index in [4.69, 9.17) is 10.2 Å². The van der Waals surface area contributed by atoms with Gasteiger partial charge in [-0.05, 0) is 38.5 Å². The van der Waals surface area contributed by atoms with Crippen LogP contribution >= 0.6 is 0 Å². The molecule has 0 rings (SSSR count). The number of carbonyl (C=O) groups is 2. The molecular formula is C25H48NO5+. The van der Waals surface area contributed by atoms with Crippen molar-refractivity contribution in [2.24, 2.45) is 0 Å². The summed E-state index contributed by atoms with van der Waals surface area (Å²) in [5.41, 5.74) is -1.78. The van der Waals surface area contributed by atoms with Crippen molar-refractivity contribution in [1.29, 1.82) is 0 Å². The number of hydrogen-bond donors (Lipinski definition) is 3. The lowest BCUT2D eigenvalue weighted by atomic mass is 9.89. The highest BCUT2D eigenvalue weighted by Gasteiger charge is 2.42. The van der Waals surface area contributed by atoms with Crippen molar-refractivity contribution >= 4 is 11.8 Å². The Hall–Kier alpha value is -1.24. The molecule has 0 aromatic heterocycles. The maximum Gasteiger partial charge on any atom is 0.306 e. The van der Waals surface area contributed by atoms with Gasteiger partial charge in [0.15, 0.2) is 11.4 Å². The minimum absolute atomic E-state index is 0.105. The van der Waals surface area contributed by atoms with Crippen molar-refractivity contribution < 1.29 is 29.4 Å². The number of rotatable bonds is 21. The Morgan fingerprint density at radius 3 is 1.68 bits per heavy atom. The van der Waals surface area contributed by atoms with Crippen LogP contribution in [0.2, 0.25) is 0 Å². The predicted octanol–water partition coefficient (Wildman–Crippen LogP) is 4.48. The minimum Gasteiger partial charge on any atom is -0.481 e. The lowest BCUT2D eigenvalue weighted by molar-refractivity contribution is -0.875. The number of aliphatic hydroxyl groups is 2.